The molecule has 2 fully saturated rings. The van der Waals surface area contributed by atoms with Crippen LogP contribution in [0, 0.1) is 12.8 Å². The average molecular weight is 350 g/mol. The topological polar surface area (TPSA) is 87.6 Å². The monoisotopic (exact) mass is 350 g/mol. The van der Waals surface area contributed by atoms with Crippen LogP contribution >= 0.6 is 0 Å². The van der Waals surface area contributed by atoms with Gasteiger partial charge < -0.3 is 14.6 Å². The second-order valence-corrected chi connectivity index (χ2v) is 6.83. The molecule has 1 N–H and O–H groups in total. The number of rotatable bonds is 4. The summed E-state index contributed by atoms with van der Waals surface area (Å²) in [7, 11) is 0. The number of hydrogen-bond donors (Lipinski definition) is 1. The van der Waals surface area contributed by atoms with Gasteiger partial charge in [0, 0.05) is 51.1 Å². The molecule has 1 amide bonds. The Morgan fingerprint density at radius 3 is 2.80 bits per heavy atom. The predicted molar refractivity (Wildman–Crippen MR) is 92.6 cm³/mol. The highest BCUT2D eigenvalue weighted by Gasteiger charge is 2.29. The van der Waals surface area contributed by atoms with Gasteiger partial charge in [0.05, 0.1) is 12.5 Å². The molecular weight excluding hydrogens is 324 g/mol. The lowest BCUT2D eigenvalue weighted by Crippen LogP contribution is -2.41. The average Bonchev–Trinajstić information content (AvgIpc) is 3.00. The summed E-state index contributed by atoms with van der Waals surface area (Å²) in [6.45, 7) is 6.98. The van der Waals surface area contributed by atoms with Gasteiger partial charge in [0.2, 0.25) is 5.91 Å². The van der Waals surface area contributed by atoms with Gasteiger partial charge in [-0.15, -0.1) is 0 Å². The highest BCUT2D eigenvalue weighted by molar-refractivity contribution is 5.79. The Labute approximate surface area is 146 Å². The Morgan fingerprint density at radius 1 is 1.24 bits per heavy atom. The fourth-order valence-corrected chi connectivity index (χ4v) is 3.49. The zero-order valence-electron chi connectivity index (χ0n) is 14.7. The van der Waals surface area contributed by atoms with E-state index in [4.69, 9.17) is 4.74 Å². The van der Waals surface area contributed by atoms with Crippen LogP contribution in [0.1, 0.15) is 18.5 Å². The number of aromatic nitrogens is 2. The molecule has 1 unspecified atom stereocenters. The Bertz CT molecular complexity index is 689. The summed E-state index contributed by atoms with van der Waals surface area (Å²) in [5.74, 6) is 0.210. The van der Waals surface area contributed by atoms with Crippen LogP contribution < -0.4 is 11.2 Å². The van der Waals surface area contributed by atoms with Crippen molar-refractivity contribution in [3.8, 4) is 0 Å². The number of aromatic amines is 1. The minimum Gasteiger partial charge on any atom is -0.381 e. The first-order valence-corrected chi connectivity index (χ1v) is 8.94. The maximum absolute atomic E-state index is 12.5. The summed E-state index contributed by atoms with van der Waals surface area (Å²) in [4.78, 5) is 43.2. The van der Waals surface area contributed by atoms with Crippen molar-refractivity contribution in [3.05, 3.63) is 32.6 Å². The Morgan fingerprint density at radius 2 is 2.08 bits per heavy atom. The van der Waals surface area contributed by atoms with Crippen LogP contribution in [0.25, 0.3) is 0 Å². The molecule has 25 heavy (non-hydrogen) atoms. The summed E-state index contributed by atoms with van der Waals surface area (Å²) in [5.41, 5.74) is -0.0574. The quantitative estimate of drug-likeness (QED) is 0.785. The van der Waals surface area contributed by atoms with E-state index in [9.17, 15) is 14.4 Å². The molecule has 138 valence electrons. The zero-order valence-corrected chi connectivity index (χ0v) is 14.7. The van der Waals surface area contributed by atoms with Crippen LogP contribution in [0.3, 0.4) is 0 Å². The summed E-state index contributed by atoms with van der Waals surface area (Å²) in [5, 5.41) is 0. The van der Waals surface area contributed by atoms with Crippen LogP contribution in [-0.4, -0.2) is 71.2 Å². The largest absolute Gasteiger partial charge is 0.381 e. The summed E-state index contributed by atoms with van der Waals surface area (Å²) >= 11 is 0. The standard InChI is InChI=1S/C17H26N4O4/c1-13-11-15(22)21(17(24)18-13)9-7-19-4-2-5-20(8-6-19)16(23)14-3-10-25-12-14/h11,14H,2-10,12H2,1H3,(H,18,24). The minimum atomic E-state index is -0.363. The number of H-pyrrole nitrogens is 1. The number of hydrogen-bond acceptors (Lipinski definition) is 5. The smallest absolute Gasteiger partial charge is 0.328 e. The molecule has 0 saturated carbocycles. The fourth-order valence-electron chi connectivity index (χ4n) is 3.49. The maximum Gasteiger partial charge on any atom is 0.328 e. The van der Waals surface area contributed by atoms with Gasteiger partial charge in [-0.3, -0.25) is 19.1 Å². The third-order valence-electron chi connectivity index (χ3n) is 4.97. The van der Waals surface area contributed by atoms with Gasteiger partial charge in [-0.1, -0.05) is 0 Å². The Balaban J connectivity index is 1.54. The molecule has 0 bridgehead atoms. The van der Waals surface area contributed by atoms with Crippen molar-refractivity contribution in [2.24, 2.45) is 5.92 Å². The summed E-state index contributed by atoms with van der Waals surface area (Å²) < 4.78 is 6.55. The molecule has 0 aromatic carbocycles. The molecule has 0 aliphatic carbocycles. The number of nitrogens with zero attached hydrogens (tertiary/aromatic N) is 3. The second kappa shape index (κ2) is 7.97. The van der Waals surface area contributed by atoms with E-state index in [1.165, 1.54) is 10.6 Å². The molecular formula is C17H26N4O4. The summed E-state index contributed by atoms with van der Waals surface area (Å²) in [6, 6.07) is 1.44. The second-order valence-electron chi connectivity index (χ2n) is 6.83. The Hall–Kier alpha value is -1.93. The van der Waals surface area contributed by atoms with E-state index in [2.05, 4.69) is 9.88 Å². The van der Waals surface area contributed by atoms with Crippen molar-refractivity contribution in [2.75, 3.05) is 45.9 Å². The fraction of sp³-hybridized carbons (Fsp3) is 0.706. The van der Waals surface area contributed by atoms with Crippen molar-refractivity contribution in [1.29, 1.82) is 0 Å². The molecule has 1 aromatic heterocycles. The van der Waals surface area contributed by atoms with E-state index in [0.717, 1.165) is 32.5 Å². The van der Waals surface area contributed by atoms with Crippen LogP contribution in [-0.2, 0) is 16.1 Å². The lowest BCUT2D eigenvalue weighted by molar-refractivity contribution is -0.135. The van der Waals surface area contributed by atoms with Crippen molar-refractivity contribution in [1.82, 2.24) is 19.4 Å². The maximum atomic E-state index is 12.5. The van der Waals surface area contributed by atoms with Gasteiger partial charge in [0.25, 0.3) is 5.56 Å². The van der Waals surface area contributed by atoms with E-state index < -0.39 is 0 Å². The van der Waals surface area contributed by atoms with Crippen LogP contribution in [0.5, 0.6) is 0 Å². The molecule has 2 saturated heterocycles. The first-order valence-electron chi connectivity index (χ1n) is 8.94. The third-order valence-corrected chi connectivity index (χ3v) is 4.97. The zero-order chi connectivity index (χ0) is 17.8. The third kappa shape index (κ3) is 4.38. The highest BCUT2D eigenvalue weighted by Crippen LogP contribution is 2.16. The van der Waals surface area contributed by atoms with Crippen molar-refractivity contribution in [2.45, 2.75) is 26.3 Å². The van der Waals surface area contributed by atoms with Crippen LogP contribution in [0.15, 0.2) is 15.7 Å². The predicted octanol–water partition coefficient (Wildman–Crippen LogP) is -0.584. The number of ether oxygens (including phenoxy) is 1. The van der Waals surface area contributed by atoms with Crippen molar-refractivity contribution < 1.29 is 9.53 Å². The Kier molecular flexibility index (Phi) is 5.70. The lowest BCUT2D eigenvalue weighted by Gasteiger charge is -2.24. The van der Waals surface area contributed by atoms with E-state index in [-0.39, 0.29) is 23.1 Å². The number of carbonyl (C=O) groups excluding carboxylic acids is 1. The van der Waals surface area contributed by atoms with Gasteiger partial charge in [0.15, 0.2) is 0 Å². The van der Waals surface area contributed by atoms with E-state index >= 15 is 0 Å². The minimum absolute atomic E-state index is 0.0104. The van der Waals surface area contributed by atoms with E-state index in [1.807, 2.05) is 4.90 Å². The van der Waals surface area contributed by atoms with E-state index in [0.29, 0.717) is 38.5 Å². The van der Waals surface area contributed by atoms with Gasteiger partial charge in [-0.2, -0.15) is 0 Å². The van der Waals surface area contributed by atoms with Gasteiger partial charge in [-0.05, 0) is 26.3 Å². The summed E-state index contributed by atoms with van der Waals surface area (Å²) in [6.07, 6.45) is 1.72. The van der Waals surface area contributed by atoms with Gasteiger partial charge in [-0.25, -0.2) is 4.79 Å². The first-order chi connectivity index (χ1) is 12.0. The molecule has 1 atom stereocenters. The molecule has 8 nitrogen and oxygen atoms in total. The lowest BCUT2D eigenvalue weighted by atomic mass is 10.1. The van der Waals surface area contributed by atoms with Crippen LogP contribution in [0.2, 0.25) is 0 Å². The molecule has 1 aromatic rings. The first kappa shape index (κ1) is 17.9. The van der Waals surface area contributed by atoms with Gasteiger partial charge >= 0.3 is 5.69 Å². The van der Waals surface area contributed by atoms with Crippen molar-refractivity contribution >= 4 is 5.91 Å². The molecule has 2 aliphatic heterocycles. The normalized spacial score (nSPS) is 22.1. The molecule has 0 radical (unpaired) electrons. The molecule has 0 spiro atoms. The molecule has 3 rings (SSSR count). The van der Waals surface area contributed by atoms with Crippen LogP contribution in [0.4, 0.5) is 0 Å². The highest BCUT2D eigenvalue weighted by atomic mass is 16.5. The number of aryl methyl sites for hydroxylation is 1. The molecule has 8 heteroatoms. The van der Waals surface area contributed by atoms with Crippen molar-refractivity contribution in [3.63, 3.8) is 0 Å². The molecule has 3 heterocycles. The number of carbonyl (C=O) groups is 1. The SMILES string of the molecule is Cc1cc(=O)n(CCN2CCCN(C(=O)C3CCOC3)CC2)c(=O)[nH]1. The molecule has 2 aliphatic rings. The van der Waals surface area contributed by atoms with Gasteiger partial charge in [0.1, 0.15) is 0 Å². The number of nitrogens with one attached hydrogen (secondary N) is 1. The van der Waals surface area contributed by atoms with E-state index in [1.54, 1.807) is 6.92 Å². The number of amides is 1.